The van der Waals surface area contributed by atoms with Crippen LogP contribution in [0.25, 0.3) is 0 Å². The summed E-state index contributed by atoms with van der Waals surface area (Å²) in [4.78, 5) is 43.6. The zero-order chi connectivity index (χ0) is 15.8. The Morgan fingerprint density at radius 3 is 2.30 bits per heavy atom. The molecule has 0 saturated carbocycles. The molecule has 5 N–H and O–H groups in total. The molecule has 0 aliphatic rings. The number of primary amides is 1. The fourth-order valence-electron chi connectivity index (χ4n) is 1.44. The van der Waals surface area contributed by atoms with Gasteiger partial charge in [-0.15, -0.1) is 0 Å². The van der Waals surface area contributed by atoms with E-state index >= 15 is 0 Å². The predicted octanol–water partition coefficient (Wildman–Crippen LogP) is -0.201. The highest BCUT2D eigenvalue weighted by Gasteiger charge is 2.25. The van der Waals surface area contributed by atoms with Crippen molar-refractivity contribution in [1.82, 2.24) is 10.6 Å². The normalized spacial score (nSPS) is 10.5. The Labute approximate surface area is 115 Å². The molecule has 0 aliphatic heterocycles. The maximum absolute atomic E-state index is 11.5. The summed E-state index contributed by atoms with van der Waals surface area (Å²) in [5.41, 5.74) is 3.95. The first-order valence-electron chi connectivity index (χ1n) is 5.84. The predicted molar refractivity (Wildman–Crippen MR) is 67.7 cm³/mol. The molecular weight excluding hydrogens is 270 g/mol. The van der Waals surface area contributed by atoms with Crippen molar-refractivity contribution in [2.24, 2.45) is 11.1 Å². The van der Waals surface area contributed by atoms with Gasteiger partial charge in [-0.25, -0.2) is 9.59 Å². The molecule has 0 saturated heterocycles. The average Bonchev–Trinajstić information content (AvgIpc) is 2.20. The minimum atomic E-state index is -1.02. The van der Waals surface area contributed by atoms with Crippen LogP contribution in [-0.2, 0) is 14.3 Å². The molecule has 0 spiro atoms. The summed E-state index contributed by atoms with van der Waals surface area (Å²) >= 11 is 0. The number of nitrogens with one attached hydrogen (secondary N) is 2. The van der Waals surface area contributed by atoms with E-state index in [0.29, 0.717) is 0 Å². The van der Waals surface area contributed by atoms with Gasteiger partial charge in [0.15, 0.2) is 0 Å². The molecule has 4 amide bonds. The van der Waals surface area contributed by atoms with Crippen molar-refractivity contribution in [1.29, 1.82) is 0 Å². The van der Waals surface area contributed by atoms with E-state index in [1.807, 2.05) is 5.32 Å². The van der Waals surface area contributed by atoms with Crippen LogP contribution < -0.4 is 16.4 Å². The number of carboxylic acids is 1. The van der Waals surface area contributed by atoms with Crippen LogP contribution in [0.3, 0.4) is 0 Å². The molecule has 9 nitrogen and oxygen atoms in total. The number of carbonyl (C=O) groups excluding carboxylic acids is 3. The number of hydrogen-bond acceptors (Lipinski definition) is 5. The second kappa shape index (κ2) is 7.97. The molecule has 9 heteroatoms. The first kappa shape index (κ1) is 17.7. The minimum absolute atomic E-state index is 0.000568. The smallest absolute Gasteiger partial charge is 0.404 e. The largest absolute Gasteiger partial charge is 0.481 e. The third kappa shape index (κ3) is 9.68. The lowest BCUT2D eigenvalue weighted by Crippen LogP contribution is -2.42. The van der Waals surface area contributed by atoms with Gasteiger partial charge < -0.3 is 20.9 Å². The molecule has 0 heterocycles. The summed E-state index contributed by atoms with van der Waals surface area (Å²) in [5.74, 6) is -1.61. The summed E-state index contributed by atoms with van der Waals surface area (Å²) in [7, 11) is 0. The van der Waals surface area contributed by atoms with Gasteiger partial charge in [0.25, 0.3) is 0 Å². The highest BCUT2D eigenvalue weighted by molar-refractivity contribution is 5.94. The molecule has 0 radical (unpaired) electrons. The van der Waals surface area contributed by atoms with Crippen molar-refractivity contribution in [3.8, 4) is 0 Å². The lowest BCUT2D eigenvalue weighted by Gasteiger charge is -2.21. The Morgan fingerprint density at radius 2 is 1.80 bits per heavy atom. The van der Waals surface area contributed by atoms with Gasteiger partial charge in [0, 0.05) is 6.42 Å². The highest BCUT2D eigenvalue weighted by Crippen LogP contribution is 2.24. The third-order valence-corrected chi connectivity index (χ3v) is 2.15. The topological polar surface area (TPSA) is 148 Å². The second-order valence-electron chi connectivity index (χ2n) is 4.88. The van der Waals surface area contributed by atoms with Crippen molar-refractivity contribution in [2.75, 3.05) is 13.2 Å². The number of amides is 4. The molecule has 0 aromatic heterocycles. The first-order valence-corrected chi connectivity index (χ1v) is 5.84. The molecule has 0 aromatic rings. The van der Waals surface area contributed by atoms with Crippen LogP contribution in [0.2, 0.25) is 0 Å². The van der Waals surface area contributed by atoms with Crippen molar-refractivity contribution >= 4 is 24.0 Å². The van der Waals surface area contributed by atoms with Crippen molar-refractivity contribution < 1.29 is 29.0 Å². The van der Waals surface area contributed by atoms with Crippen molar-refractivity contribution in [2.45, 2.75) is 26.7 Å². The lowest BCUT2D eigenvalue weighted by molar-refractivity contribution is -0.139. The number of nitrogens with two attached hydrogens (primary N) is 1. The van der Waals surface area contributed by atoms with E-state index in [2.05, 4.69) is 10.1 Å². The molecular formula is C11H19N3O6. The summed E-state index contributed by atoms with van der Waals surface area (Å²) in [6.45, 7) is 3.11. The molecule has 0 atom stereocenters. The Hall–Kier alpha value is -2.32. The van der Waals surface area contributed by atoms with E-state index in [9.17, 15) is 19.2 Å². The maximum Gasteiger partial charge on any atom is 0.404 e. The fraction of sp³-hybridized carbons (Fsp3) is 0.636. The summed E-state index contributed by atoms with van der Waals surface area (Å²) in [5, 5.41) is 13.0. The lowest BCUT2D eigenvalue weighted by atomic mass is 9.85. The molecule has 0 rings (SSSR count). The monoisotopic (exact) mass is 289 g/mol. The van der Waals surface area contributed by atoms with Gasteiger partial charge in [-0.3, -0.25) is 14.9 Å². The van der Waals surface area contributed by atoms with Gasteiger partial charge in [0.1, 0.15) is 6.61 Å². The molecule has 20 heavy (non-hydrogen) atoms. The van der Waals surface area contributed by atoms with E-state index in [1.54, 1.807) is 13.8 Å². The second-order valence-corrected chi connectivity index (χ2v) is 4.88. The number of aliphatic carboxylic acids is 1. The van der Waals surface area contributed by atoms with Crippen LogP contribution in [-0.4, -0.2) is 42.3 Å². The van der Waals surface area contributed by atoms with Crippen LogP contribution in [0.4, 0.5) is 9.59 Å². The number of imide groups is 1. The van der Waals surface area contributed by atoms with Gasteiger partial charge in [-0.1, -0.05) is 13.8 Å². The summed E-state index contributed by atoms with van der Waals surface area (Å²) < 4.78 is 4.37. The molecule has 0 aliphatic carbocycles. The number of carbonyl (C=O) groups is 4. The van der Waals surface area contributed by atoms with E-state index in [1.165, 1.54) is 0 Å². The molecule has 0 aromatic carbocycles. The Bertz CT molecular complexity index is 394. The number of urea groups is 1. The molecule has 0 fully saturated rings. The summed E-state index contributed by atoms with van der Waals surface area (Å²) in [6, 6.07) is -0.755. The zero-order valence-corrected chi connectivity index (χ0v) is 11.4. The minimum Gasteiger partial charge on any atom is -0.481 e. The van der Waals surface area contributed by atoms with Crippen LogP contribution in [0, 0.1) is 5.41 Å². The SMILES string of the molecule is CC(C)(CC(=O)O)CC(=O)NC(=O)NCCOC(N)=O. The quantitative estimate of drug-likeness (QED) is 0.477. The van der Waals surface area contributed by atoms with Crippen molar-refractivity contribution in [3.05, 3.63) is 0 Å². The number of hydrogen-bond donors (Lipinski definition) is 4. The zero-order valence-electron chi connectivity index (χ0n) is 11.4. The van der Waals surface area contributed by atoms with Crippen LogP contribution in [0.15, 0.2) is 0 Å². The molecule has 0 unspecified atom stereocenters. The third-order valence-electron chi connectivity index (χ3n) is 2.15. The van der Waals surface area contributed by atoms with Crippen LogP contribution >= 0.6 is 0 Å². The van der Waals surface area contributed by atoms with Crippen LogP contribution in [0.1, 0.15) is 26.7 Å². The number of rotatable bonds is 7. The summed E-state index contributed by atoms with van der Waals surface area (Å²) in [6.07, 6.45) is -1.25. The van der Waals surface area contributed by atoms with Crippen molar-refractivity contribution in [3.63, 3.8) is 0 Å². The number of carboxylic acid groups (broad SMARTS) is 1. The standard InChI is InChI=1S/C11H19N3O6/c1-11(2,6-8(16)17)5-7(15)14-10(19)13-3-4-20-9(12)18/h3-6H2,1-2H3,(H2,12,18)(H,16,17)(H2,13,14,15,19). The van der Waals surface area contributed by atoms with Crippen LogP contribution in [0.5, 0.6) is 0 Å². The van der Waals surface area contributed by atoms with Gasteiger partial charge in [0.2, 0.25) is 5.91 Å². The Balaban J connectivity index is 3.98. The molecule has 0 bridgehead atoms. The van der Waals surface area contributed by atoms with E-state index < -0.39 is 29.4 Å². The Kier molecular flexibility index (Phi) is 7.05. The van der Waals surface area contributed by atoms with E-state index in [-0.39, 0.29) is 26.0 Å². The molecule has 114 valence electrons. The van der Waals surface area contributed by atoms with E-state index in [0.717, 1.165) is 0 Å². The Morgan fingerprint density at radius 1 is 1.20 bits per heavy atom. The van der Waals surface area contributed by atoms with Gasteiger partial charge >= 0.3 is 18.1 Å². The van der Waals surface area contributed by atoms with Gasteiger partial charge in [-0.05, 0) is 5.41 Å². The van der Waals surface area contributed by atoms with Gasteiger partial charge in [-0.2, -0.15) is 0 Å². The highest BCUT2D eigenvalue weighted by atomic mass is 16.5. The fourth-order valence-corrected chi connectivity index (χ4v) is 1.44. The number of ether oxygens (including phenoxy) is 1. The first-order chi connectivity index (χ1) is 9.12. The van der Waals surface area contributed by atoms with Gasteiger partial charge in [0.05, 0.1) is 13.0 Å². The maximum atomic E-state index is 11.5. The van der Waals surface area contributed by atoms with E-state index in [4.69, 9.17) is 10.8 Å². The average molecular weight is 289 g/mol.